The summed E-state index contributed by atoms with van der Waals surface area (Å²) in [6, 6.07) is 0.604. The van der Waals surface area contributed by atoms with Crippen molar-refractivity contribution in [3.63, 3.8) is 0 Å². The highest BCUT2D eigenvalue weighted by atomic mass is 32.2. The molecule has 0 bridgehead atoms. The van der Waals surface area contributed by atoms with Crippen molar-refractivity contribution in [3.05, 3.63) is 0 Å². The topological polar surface area (TPSA) is 29.1 Å². The van der Waals surface area contributed by atoms with Crippen LogP contribution in [0, 0.1) is 5.92 Å². The molecule has 0 aliphatic carbocycles. The molecule has 0 aromatic carbocycles. The molecule has 0 amide bonds. The number of nitrogens with one attached hydrogen (secondary N) is 1. The zero-order valence-corrected chi connectivity index (χ0v) is 11.5. The van der Waals surface area contributed by atoms with E-state index in [9.17, 15) is 4.21 Å². The Balaban J connectivity index is 3.46. The van der Waals surface area contributed by atoms with E-state index < -0.39 is 10.8 Å². The summed E-state index contributed by atoms with van der Waals surface area (Å²) < 4.78 is 11.6. The minimum absolute atomic E-state index is 0.589. The van der Waals surface area contributed by atoms with Crippen molar-refractivity contribution in [2.45, 2.75) is 52.5 Å². The number of rotatable bonds is 9. The van der Waals surface area contributed by atoms with E-state index in [1.54, 1.807) is 0 Å². The molecule has 0 spiro atoms. The zero-order valence-electron chi connectivity index (χ0n) is 10.7. The molecule has 0 saturated heterocycles. The summed E-state index contributed by atoms with van der Waals surface area (Å²) in [6.45, 7) is 6.56. The Bertz CT molecular complexity index is 167. The molecule has 2 unspecified atom stereocenters. The van der Waals surface area contributed by atoms with E-state index in [-0.39, 0.29) is 0 Å². The Morgan fingerprint density at radius 1 is 1.20 bits per heavy atom. The molecule has 0 aromatic heterocycles. The first-order valence-corrected chi connectivity index (χ1v) is 7.61. The van der Waals surface area contributed by atoms with Crippen LogP contribution in [0.5, 0.6) is 0 Å². The van der Waals surface area contributed by atoms with Gasteiger partial charge < -0.3 is 5.32 Å². The molecule has 15 heavy (non-hydrogen) atoms. The Morgan fingerprint density at radius 3 is 2.33 bits per heavy atom. The van der Waals surface area contributed by atoms with Crippen molar-refractivity contribution in [1.29, 1.82) is 0 Å². The van der Waals surface area contributed by atoms with Gasteiger partial charge in [-0.1, -0.05) is 20.8 Å². The first-order chi connectivity index (χ1) is 7.10. The minimum Gasteiger partial charge on any atom is -0.317 e. The van der Waals surface area contributed by atoms with E-state index >= 15 is 0 Å². The summed E-state index contributed by atoms with van der Waals surface area (Å²) in [5.41, 5.74) is 0. The molecule has 0 radical (unpaired) electrons. The summed E-state index contributed by atoms with van der Waals surface area (Å²) in [7, 11) is 1.42. The maximum Gasteiger partial charge on any atom is 0.0237 e. The molecule has 0 fully saturated rings. The molecule has 2 nitrogen and oxygen atoms in total. The lowest BCUT2D eigenvalue weighted by Crippen LogP contribution is -2.24. The fourth-order valence-corrected chi connectivity index (χ4v) is 2.94. The average molecular weight is 233 g/mol. The van der Waals surface area contributed by atoms with Gasteiger partial charge in [-0.25, -0.2) is 0 Å². The average Bonchev–Trinajstić information content (AvgIpc) is 2.21. The van der Waals surface area contributed by atoms with Gasteiger partial charge in [-0.3, -0.25) is 4.21 Å². The summed E-state index contributed by atoms with van der Waals surface area (Å²) in [6.07, 6.45) is 4.50. The van der Waals surface area contributed by atoms with Crippen LogP contribution in [0.25, 0.3) is 0 Å². The van der Waals surface area contributed by atoms with Crippen LogP contribution >= 0.6 is 0 Å². The molecule has 92 valence electrons. The van der Waals surface area contributed by atoms with Crippen LogP contribution in [0.1, 0.15) is 46.5 Å². The van der Waals surface area contributed by atoms with Gasteiger partial charge in [0.1, 0.15) is 0 Å². The van der Waals surface area contributed by atoms with E-state index in [0.717, 1.165) is 37.2 Å². The third kappa shape index (κ3) is 9.06. The quantitative estimate of drug-likeness (QED) is 0.663. The highest BCUT2D eigenvalue weighted by Crippen LogP contribution is 2.05. The van der Waals surface area contributed by atoms with Gasteiger partial charge in [0.15, 0.2) is 0 Å². The van der Waals surface area contributed by atoms with Gasteiger partial charge in [-0.15, -0.1) is 0 Å². The van der Waals surface area contributed by atoms with Crippen LogP contribution in [0.3, 0.4) is 0 Å². The molecule has 0 aliphatic heterocycles. The van der Waals surface area contributed by atoms with Crippen molar-refractivity contribution in [2.75, 3.05) is 18.6 Å². The van der Waals surface area contributed by atoms with Crippen molar-refractivity contribution < 1.29 is 4.21 Å². The Kier molecular flexibility index (Phi) is 9.41. The molecule has 0 aromatic rings. The molecular formula is C12H27NOS. The lowest BCUT2D eigenvalue weighted by Gasteiger charge is -2.13. The Morgan fingerprint density at radius 2 is 1.87 bits per heavy atom. The highest BCUT2D eigenvalue weighted by molar-refractivity contribution is 7.84. The maximum absolute atomic E-state index is 11.6. The van der Waals surface area contributed by atoms with Gasteiger partial charge in [0.25, 0.3) is 0 Å². The SMILES string of the molecule is CCC(CCCS(=O)CCC(C)C)NC. The fourth-order valence-electron chi connectivity index (χ4n) is 1.51. The first kappa shape index (κ1) is 15.1. The highest BCUT2D eigenvalue weighted by Gasteiger charge is 2.05. The zero-order chi connectivity index (χ0) is 11.7. The standard InChI is InChI=1S/C12H27NOS/c1-5-12(13-4)7-6-9-15(14)10-8-11(2)3/h11-13H,5-10H2,1-4H3. The second-order valence-electron chi connectivity index (χ2n) is 4.57. The Labute approximate surface area is 97.7 Å². The van der Waals surface area contributed by atoms with E-state index in [4.69, 9.17) is 0 Å². The maximum atomic E-state index is 11.6. The largest absolute Gasteiger partial charge is 0.317 e. The monoisotopic (exact) mass is 233 g/mol. The van der Waals surface area contributed by atoms with E-state index in [1.807, 2.05) is 7.05 Å². The lowest BCUT2D eigenvalue weighted by molar-refractivity contribution is 0.503. The minimum atomic E-state index is -0.589. The van der Waals surface area contributed by atoms with Crippen LogP contribution in [0.4, 0.5) is 0 Å². The fraction of sp³-hybridized carbons (Fsp3) is 1.00. The van der Waals surface area contributed by atoms with Gasteiger partial charge in [0, 0.05) is 28.3 Å². The summed E-state index contributed by atoms with van der Waals surface area (Å²) in [5.74, 6) is 2.44. The van der Waals surface area contributed by atoms with Crippen LogP contribution in [-0.4, -0.2) is 28.8 Å². The van der Waals surface area contributed by atoms with Gasteiger partial charge in [-0.2, -0.15) is 0 Å². The normalized spacial score (nSPS) is 15.5. The molecular weight excluding hydrogens is 206 g/mol. The molecule has 0 heterocycles. The summed E-state index contributed by atoms with van der Waals surface area (Å²) in [5, 5.41) is 3.28. The predicted molar refractivity (Wildman–Crippen MR) is 69.7 cm³/mol. The van der Waals surface area contributed by atoms with Crippen molar-refractivity contribution >= 4 is 10.8 Å². The molecule has 2 atom stereocenters. The van der Waals surface area contributed by atoms with E-state index in [1.165, 1.54) is 0 Å². The molecule has 0 saturated carbocycles. The van der Waals surface area contributed by atoms with Gasteiger partial charge in [0.2, 0.25) is 0 Å². The van der Waals surface area contributed by atoms with E-state index in [2.05, 4.69) is 26.1 Å². The molecule has 0 rings (SSSR count). The van der Waals surface area contributed by atoms with Crippen LogP contribution in [0.15, 0.2) is 0 Å². The number of hydrogen-bond acceptors (Lipinski definition) is 2. The van der Waals surface area contributed by atoms with E-state index in [0.29, 0.717) is 12.0 Å². The first-order valence-electron chi connectivity index (χ1n) is 6.12. The second-order valence-corrected chi connectivity index (χ2v) is 6.26. The van der Waals surface area contributed by atoms with Crippen LogP contribution < -0.4 is 5.32 Å². The van der Waals surface area contributed by atoms with Gasteiger partial charge >= 0.3 is 0 Å². The third-order valence-corrected chi connectivity index (χ3v) is 4.18. The molecule has 3 heteroatoms. The molecule has 1 N–H and O–H groups in total. The Hall–Kier alpha value is 0.110. The van der Waals surface area contributed by atoms with Crippen molar-refractivity contribution in [3.8, 4) is 0 Å². The summed E-state index contributed by atoms with van der Waals surface area (Å²) in [4.78, 5) is 0. The lowest BCUT2D eigenvalue weighted by atomic mass is 10.1. The third-order valence-electron chi connectivity index (χ3n) is 2.75. The van der Waals surface area contributed by atoms with Crippen molar-refractivity contribution in [1.82, 2.24) is 5.32 Å². The smallest absolute Gasteiger partial charge is 0.0237 e. The van der Waals surface area contributed by atoms with Crippen LogP contribution in [-0.2, 0) is 10.8 Å². The summed E-state index contributed by atoms with van der Waals surface area (Å²) >= 11 is 0. The second kappa shape index (κ2) is 9.34. The molecule has 0 aliphatic rings. The van der Waals surface area contributed by atoms with Crippen molar-refractivity contribution in [2.24, 2.45) is 5.92 Å². The number of hydrogen-bond donors (Lipinski definition) is 1. The van der Waals surface area contributed by atoms with Gasteiger partial charge in [0.05, 0.1) is 0 Å². The van der Waals surface area contributed by atoms with Gasteiger partial charge in [-0.05, 0) is 38.6 Å². The van der Waals surface area contributed by atoms with Crippen LogP contribution in [0.2, 0.25) is 0 Å². The predicted octanol–water partition coefficient (Wildman–Crippen LogP) is 2.56.